The molecule has 0 bridgehead atoms. The van der Waals surface area contributed by atoms with Crippen molar-refractivity contribution in [3.63, 3.8) is 0 Å². The molecule has 1 heterocycles. The van der Waals surface area contributed by atoms with Crippen molar-refractivity contribution in [1.82, 2.24) is 9.55 Å². The number of imidazole rings is 1. The van der Waals surface area contributed by atoms with E-state index in [9.17, 15) is 0 Å². The SMILES string of the molecule is CC(C)(C#N)CCCCn1ccnc1CO. The van der Waals surface area contributed by atoms with Crippen molar-refractivity contribution >= 4 is 0 Å². The fourth-order valence-corrected chi connectivity index (χ4v) is 1.60. The van der Waals surface area contributed by atoms with Crippen molar-refractivity contribution in [3.8, 4) is 6.07 Å². The average molecular weight is 221 g/mol. The van der Waals surface area contributed by atoms with Crippen LogP contribution in [0.5, 0.6) is 0 Å². The van der Waals surface area contributed by atoms with Gasteiger partial charge in [-0.3, -0.25) is 0 Å². The van der Waals surface area contributed by atoms with E-state index in [4.69, 9.17) is 10.4 Å². The molecule has 4 nitrogen and oxygen atoms in total. The maximum absolute atomic E-state index is 9.00. The standard InChI is InChI=1S/C12H19N3O/c1-12(2,10-13)5-3-4-7-15-8-6-14-11(15)9-16/h6,8,16H,3-5,7,9H2,1-2H3. The highest BCUT2D eigenvalue weighted by atomic mass is 16.3. The highest BCUT2D eigenvalue weighted by molar-refractivity contribution is 4.92. The third-order valence-corrected chi connectivity index (χ3v) is 2.70. The second kappa shape index (κ2) is 5.66. The predicted molar refractivity (Wildman–Crippen MR) is 61.4 cm³/mol. The number of hydrogen-bond donors (Lipinski definition) is 1. The molecule has 1 rings (SSSR count). The molecule has 88 valence electrons. The molecule has 1 aromatic heterocycles. The quantitative estimate of drug-likeness (QED) is 0.748. The lowest BCUT2D eigenvalue weighted by Crippen LogP contribution is -2.08. The summed E-state index contributed by atoms with van der Waals surface area (Å²) in [6.07, 6.45) is 6.51. The Hall–Kier alpha value is -1.34. The number of nitrogens with zero attached hydrogens (tertiary/aromatic N) is 3. The van der Waals surface area contributed by atoms with Gasteiger partial charge in [-0.15, -0.1) is 0 Å². The van der Waals surface area contributed by atoms with Crippen molar-refractivity contribution in [3.05, 3.63) is 18.2 Å². The smallest absolute Gasteiger partial charge is 0.134 e. The Morgan fingerprint density at radius 1 is 1.50 bits per heavy atom. The van der Waals surface area contributed by atoms with Gasteiger partial charge in [-0.1, -0.05) is 6.42 Å². The van der Waals surface area contributed by atoms with E-state index in [1.54, 1.807) is 6.20 Å². The van der Waals surface area contributed by atoms with Crippen LogP contribution in [0.4, 0.5) is 0 Å². The van der Waals surface area contributed by atoms with E-state index in [0.29, 0.717) is 5.82 Å². The van der Waals surface area contributed by atoms with Crippen LogP contribution >= 0.6 is 0 Å². The molecule has 0 unspecified atom stereocenters. The topological polar surface area (TPSA) is 61.8 Å². The summed E-state index contributed by atoms with van der Waals surface area (Å²) in [5, 5.41) is 17.9. The van der Waals surface area contributed by atoms with E-state index < -0.39 is 0 Å². The van der Waals surface area contributed by atoms with Gasteiger partial charge in [0, 0.05) is 18.9 Å². The van der Waals surface area contributed by atoms with Crippen LogP contribution in [0.2, 0.25) is 0 Å². The van der Waals surface area contributed by atoms with Crippen molar-refractivity contribution in [2.24, 2.45) is 5.41 Å². The number of unbranched alkanes of at least 4 members (excludes halogenated alkanes) is 1. The van der Waals surface area contributed by atoms with E-state index in [1.165, 1.54) is 0 Å². The molecule has 0 aliphatic heterocycles. The maximum Gasteiger partial charge on any atom is 0.134 e. The molecule has 0 saturated carbocycles. The zero-order chi connectivity index (χ0) is 12.0. The fraction of sp³-hybridized carbons (Fsp3) is 0.667. The number of aliphatic hydroxyl groups is 1. The van der Waals surface area contributed by atoms with Gasteiger partial charge in [-0.25, -0.2) is 4.98 Å². The van der Waals surface area contributed by atoms with Crippen LogP contribution in [0, 0.1) is 16.7 Å². The Bertz CT molecular complexity index is 363. The predicted octanol–water partition coefficient (Wildman–Crippen LogP) is 2.10. The molecule has 0 saturated heterocycles. The number of aryl methyl sites for hydroxylation is 1. The molecule has 0 amide bonds. The number of rotatable bonds is 6. The minimum atomic E-state index is -0.227. The average Bonchev–Trinajstić information content (AvgIpc) is 2.72. The second-order valence-corrected chi connectivity index (χ2v) is 4.65. The molecule has 0 atom stereocenters. The Kier molecular flexibility index (Phi) is 4.51. The van der Waals surface area contributed by atoms with Crippen LogP contribution in [0.25, 0.3) is 0 Å². The lowest BCUT2D eigenvalue weighted by atomic mass is 9.89. The normalized spacial score (nSPS) is 11.4. The van der Waals surface area contributed by atoms with Crippen molar-refractivity contribution < 1.29 is 5.11 Å². The van der Waals surface area contributed by atoms with E-state index in [-0.39, 0.29) is 12.0 Å². The Labute approximate surface area is 96.5 Å². The van der Waals surface area contributed by atoms with Crippen molar-refractivity contribution in [2.75, 3.05) is 0 Å². The van der Waals surface area contributed by atoms with Crippen LogP contribution in [0.15, 0.2) is 12.4 Å². The van der Waals surface area contributed by atoms with E-state index in [2.05, 4.69) is 11.1 Å². The first kappa shape index (κ1) is 12.7. The molecule has 0 spiro atoms. The Morgan fingerprint density at radius 3 is 2.88 bits per heavy atom. The molecule has 0 fully saturated rings. The van der Waals surface area contributed by atoms with Crippen LogP contribution in [-0.4, -0.2) is 14.7 Å². The lowest BCUT2D eigenvalue weighted by molar-refractivity contribution is 0.264. The van der Waals surface area contributed by atoms with Gasteiger partial charge >= 0.3 is 0 Å². The highest BCUT2D eigenvalue weighted by Crippen LogP contribution is 2.21. The van der Waals surface area contributed by atoms with Gasteiger partial charge in [-0.2, -0.15) is 5.26 Å². The number of aromatic nitrogens is 2. The van der Waals surface area contributed by atoms with Gasteiger partial charge in [0.25, 0.3) is 0 Å². The number of hydrogen-bond acceptors (Lipinski definition) is 3. The van der Waals surface area contributed by atoms with Crippen LogP contribution in [0.1, 0.15) is 38.9 Å². The maximum atomic E-state index is 9.00. The van der Waals surface area contributed by atoms with E-state index in [1.807, 2.05) is 24.6 Å². The second-order valence-electron chi connectivity index (χ2n) is 4.65. The summed E-state index contributed by atoms with van der Waals surface area (Å²) in [6, 6.07) is 2.30. The van der Waals surface area contributed by atoms with Crippen LogP contribution in [0.3, 0.4) is 0 Å². The summed E-state index contributed by atoms with van der Waals surface area (Å²) < 4.78 is 1.96. The largest absolute Gasteiger partial charge is 0.388 e. The third kappa shape index (κ3) is 3.67. The Morgan fingerprint density at radius 2 is 2.25 bits per heavy atom. The van der Waals surface area contributed by atoms with Crippen LogP contribution in [-0.2, 0) is 13.2 Å². The summed E-state index contributed by atoms with van der Waals surface area (Å²) in [6.45, 7) is 4.76. The first-order valence-electron chi connectivity index (χ1n) is 5.61. The summed E-state index contributed by atoms with van der Waals surface area (Å²) >= 11 is 0. The molecule has 16 heavy (non-hydrogen) atoms. The first-order chi connectivity index (χ1) is 7.59. The molecule has 0 aliphatic carbocycles. The molecular weight excluding hydrogens is 202 g/mol. The molecule has 0 radical (unpaired) electrons. The highest BCUT2D eigenvalue weighted by Gasteiger charge is 2.15. The van der Waals surface area contributed by atoms with Crippen molar-refractivity contribution in [1.29, 1.82) is 5.26 Å². The summed E-state index contributed by atoms with van der Waals surface area (Å²) in [7, 11) is 0. The number of nitriles is 1. The molecule has 0 aliphatic rings. The molecule has 1 N–H and O–H groups in total. The molecule has 1 aromatic rings. The van der Waals surface area contributed by atoms with Gasteiger partial charge in [0.1, 0.15) is 12.4 Å². The van der Waals surface area contributed by atoms with Gasteiger partial charge in [-0.05, 0) is 26.7 Å². The minimum Gasteiger partial charge on any atom is -0.388 e. The molecule has 0 aromatic carbocycles. The van der Waals surface area contributed by atoms with Gasteiger partial charge in [0.2, 0.25) is 0 Å². The van der Waals surface area contributed by atoms with E-state index >= 15 is 0 Å². The zero-order valence-electron chi connectivity index (χ0n) is 9.98. The van der Waals surface area contributed by atoms with Gasteiger partial charge in [0.05, 0.1) is 11.5 Å². The summed E-state index contributed by atoms with van der Waals surface area (Å²) in [5.41, 5.74) is -0.227. The fourth-order valence-electron chi connectivity index (χ4n) is 1.60. The number of aliphatic hydroxyl groups excluding tert-OH is 1. The first-order valence-corrected chi connectivity index (χ1v) is 5.61. The molecular formula is C12H19N3O. The van der Waals surface area contributed by atoms with E-state index in [0.717, 1.165) is 25.8 Å². The van der Waals surface area contributed by atoms with Crippen molar-refractivity contribution in [2.45, 2.75) is 46.3 Å². The van der Waals surface area contributed by atoms with Crippen LogP contribution < -0.4 is 0 Å². The third-order valence-electron chi connectivity index (χ3n) is 2.70. The minimum absolute atomic E-state index is 0.0172. The van der Waals surface area contributed by atoms with Gasteiger partial charge in [0.15, 0.2) is 0 Å². The van der Waals surface area contributed by atoms with Gasteiger partial charge < -0.3 is 9.67 Å². The lowest BCUT2D eigenvalue weighted by Gasteiger charge is -2.14. The monoisotopic (exact) mass is 221 g/mol. The molecule has 4 heteroatoms. The summed E-state index contributed by atoms with van der Waals surface area (Å²) in [5.74, 6) is 0.708. The Balaban J connectivity index is 2.29. The zero-order valence-corrected chi connectivity index (χ0v) is 9.98. The summed E-state index contributed by atoms with van der Waals surface area (Å²) in [4.78, 5) is 4.04.